The van der Waals surface area contributed by atoms with Crippen LogP contribution in [0, 0.1) is 13.8 Å². The summed E-state index contributed by atoms with van der Waals surface area (Å²) in [5.41, 5.74) is -0.307. The van der Waals surface area contributed by atoms with Gasteiger partial charge < -0.3 is 14.6 Å². The van der Waals surface area contributed by atoms with Crippen molar-refractivity contribution >= 4 is 17.6 Å². The van der Waals surface area contributed by atoms with Crippen LogP contribution in [0.4, 0.5) is 18.9 Å². The Morgan fingerprint density at radius 3 is 2.52 bits per heavy atom. The highest BCUT2D eigenvalue weighted by molar-refractivity contribution is 5.93. The number of alkyl halides is 3. The molecule has 0 aliphatic rings. The van der Waals surface area contributed by atoms with E-state index in [9.17, 15) is 22.8 Å². The molecule has 1 aromatic heterocycles. The molecule has 0 spiro atoms. The lowest BCUT2D eigenvalue weighted by Crippen LogP contribution is -2.23. The van der Waals surface area contributed by atoms with Gasteiger partial charge in [0.05, 0.1) is 23.4 Å². The molecular weight excluding hydrogens is 341 g/mol. The number of nitrogens with zero attached hydrogens (tertiary/aromatic N) is 1. The van der Waals surface area contributed by atoms with Crippen LogP contribution in [0.25, 0.3) is 0 Å². The number of para-hydroxylation sites is 1. The third-order valence-electron chi connectivity index (χ3n) is 3.37. The maximum absolute atomic E-state index is 12.8. The Morgan fingerprint density at radius 1 is 1.24 bits per heavy atom. The molecule has 1 N–H and O–H groups in total. The van der Waals surface area contributed by atoms with Crippen molar-refractivity contribution < 1.29 is 32.0 Å². The van der Waals surface area contributed by atoms with Crippen molar-refractivity contribution in [2.75, 3.05) is 11.9 Å². The number of carbonyl (C=O) groups excluding carboxylic acids is 2. The van der Waals surface area contributed by atoms with Crippen molar-refractivity contribution in [3.8, 4) is 0 Å². The quantitative estimate of drug-likeness (QED) is 0.833. The Kier molecular flexibility index (Phi) is 5.45. The molecule has 134 valence electrons. The first kappa shape index (κ1) is 18.5. The summed E-state index contributed by atoms with van der Waals surface area (Å²) in [4.78, 5) is 23.5. The summed E-state index contributed by atoms with van der Waals surface area (Å²) in [7, 11) is 0. The van der Waals surface area contributed by atoms with Gasteiger partial charge in [0.1, 0.15) is 5.76 Å². The number of anilines is 1. The number of rotatable bonds is 5. The van der Waals surface area contributed by atoms with E-state index in [1.165, 1.54) is 12.1 Å². The predicted octanol–water partition coefficient (Wildman–Crippen LogP) is 3.03. The van der Waals surface area contributed by atoms with E-state index in [4.69, 9.17) is 9.26 Å². The summed E-state index contributed by atoms with van der Waals surface area (Å²) < 4.78 is 48.2. The molecule has 0 saturated carbocycles. The summed E-state index contributed by atoms with van der Waals surface area (Å²) in [6, 6.07) is 4.53. The van der Waals surface area contributed by atoms with Crippen LogP contribution in [0.1, 0.15) is 22.6 Å². The second-order valence-corrected chi connectivity index (χ2v) is 5.23. The summed E-state index contributed by atoms with van der Waals surface area (Å²) >= 11 is 0. The highest BCUT2D eigenvalue weighted by atomic mass is 19.4. The molecule has 0 radical (unpaired) electrons. The molecule has 1 heterocycles. The van der Waals surface area contributed by atoms with E-state index in [0.29, 0.717) is 17.0 Å². The van der Waals surface area contributed by atoms with Gasteiger partial charge in [-0.15, -0.1) is 0 Å². The van der Waals surface area contributed by atoms with Crippen molar-refractivity contribution in [1.82, 2.24) is 5.16 Å². The zero-order chi connectivity index (χ0) is 18.6. The van der Waals surface area contributed by atoms with E-state index in [0.717, 1.165) is 12.1 Å². The normalized spacial score (nSPS) is 11.2. The van der Waals surface area contributed by atoms with E-state index < -0.39 is 35.9 Å². The molecular formula is C16H15F3N2O4. The van der Waals surface area contributed by atoms with Gasteiger partial charge in [-0.2, -0.15) is 13.2 Å². The van der Waals surface area contributed by atoms with E-state index in [1.54, 1.807) is 13.8 Å². The fraction of sp³-hybridized carbons (Fsp3) is 0.312. The summed E-state index contributed by atoms with van der Waals surface area (Å²) in [6.07, 6.45) is -4.75. The largest absolute Gasteiger partial charge is 0.455 e. The van der Waals surface area contributed by atoms with Crippen molar-refractivity contribution in [1.29, 1.82) is 0 Å². The van der Waals surface area contributed by atoms with Crippen molar-refractivity contribution in [2.24, 2.45) is 0 Å². The molecule has 1 aromatic carbocycles. The number of aryl methyl sites for hydroxylation is 2. The molecule has 25 heavy (non-hydrogen) atoms. The van der Waals surface area contributed by atoms with Gasteiger partial charge in [0, 0.05) is 5.56 Å². The number of aromatic nitrogens is 1. The Bertz CT molecular complexity index is 764. The highest BCUT2D eigenvalue weighted by Crippen LogP contribution is 2.34. The SMILES string of the molecule is Cc1noc(C)c1CC(=O)OCC(=O)Nc1ccccc1C(F)(F)F. The number of hydrogen-bond donors (Lipinski definition) is 1. The number of amides is 1. The molecule has 0 aliphatic carbocycles. The Labute approximate surface area is 140 Å². The van der Waals surface area contributed by atoms with E-state index in [-0.39, 0.29) is 6.42 Å². The maximum atomic E-state index is 12.8. The van der Waals surface area contributed by atoms with Gasteiger partial charge in [-0.25, -0.2) is 0 Å². The second-order valence-electron chi connectivity index (χ2n) is 5.23. The van der Waals surface area contributed by atoms with Crippen molar-refractivity contribution in [2.45, 2.75) is 26.4 Å². The number of carbonyl (C=O) groups is 2. The molecule has 2 aromatic rings. The van der Waals surface area contributed by atoms with E-state index in [2.05, 4.69) is 10.5 Å². The van der Waals surface area contributed by atoms with Gasteiger partial charge >= 0.3 is 12.1 Å². The van der Waals surface area contributed by atoms with Crippen LogP contribution in [0.15, 0.2) is 28.8 Å². The third kappa shape index (κ3) is 4.82. The minimum atomic E-state index is -4.61. The lowest BCUT2D eigenvalue weighted by Gasteiger charge is -2.13. The molecule has 0 aliphatic heterocycles. The number of nitrogens with one attached hydrogen (secondary N) is 1. The Morgan fingerprint density at radius 2 is 1.92 bits per heavy atom. The number of halogens is 3. The minimum Gasteiger partial charge on any atom is -0.455 e. The molecule has 6 nitrogen and oxygen atoms in total. The molecule has 0 atom stereocenters. The van der Waals surface area contributed by atoms with Crippen LogP contribution in [0.5, 0.6) is 0 Å². The summed E-state index contributed by atoms with van der Waals surface area (Å²) in [5, 5.41) is 5.77. The first-order valence-electron chi connectivity index (χ1n) is 7.22. The average Bonchev–Trinajstić information content (AvgIpc) is 2.84. The maximum Gasteiger partial charge on any atom is 0.418 e. The van der Waals surface area contributed by atoms with Crippen molar-refractivity contribution in [3.05, 3.63) is 46.8 Å². The molecule has 0 saturated heterocycles. The fourth-order valence-electron chi connectivity index (χ4n) is 2.12. The summed E-state index contributed by atoms with van der Waals surface area (Å²) in [6.45, 7) is 2.58. The van der Waals surface area contributed by atoms with Crippen molar-refractivity contribution in [3.63, 3.8) is 0 Å². The molecule has 0 unspecified atom stereocenters. The summed E-state index contributed by atoms with van der Waals surface area (Å²) in [5.74, 6) is -1.13. The number of benzene rings is 1. The molecule has 1 amide bonds. The standard InChI is InChI=1S/C16H15F3N2O4/c1-9-11(10(2)25-21-9)7-15(23)24-8-14(22)20-13-6-4-3-5-12(13)16(17,18)19/h3-6H,7-8H2,1-2H3,(H,20,22). The number of esters is 1. The monoisotopic (exact) mass is 356 g/mol. The molecule has 2 rings (SSSR count). The minimum absolute atomic E-state index is 0.145. The zero-order valence-corrected chi connectivity index (χ0v) is 13.4. The number of hydrogen-bond acceptors (Lipinski definition) is 5. The Balaban J connectivity index is 1.92. The zero-order valence-electron chi connectivity index (χ0n) is 13.4. The first-order chi connectivity index (χ1) is 11.7. The van der Waals surface area contributed by atoms with Crippen LogP contribution in [-0.4, -0.2) is 23.6 Å². The third-order valence-corrected chi connectivity index (χ3v) is 3.37. The van der Waals surface area contributed by atoms with E-state index >= 15 is 0 Å². The van der Waals surface area contributed by atoms with E-state index in [1.807, 2.05) is 0 Å². The smallest absolute Gasteiger partial charge is 0.418 e. The topological polar surface area (TPSA) is 81.4 Å². The predicted molar refractivity (Wildman–Crippen MR) is 80.7 cm³/mol. The number of ether oxygens (including phenoxy) is 1. The van der Waals surface area contributed by atoms with Crippen LogP contribution in [0.2, 0.25) is 0 Å². The molecule has 9 heteroatoms. The molecule has 0 fully saturated rings. The molecule has 0 bridgehead atoms. The van der Waals surface area contributed by atoms with Gasteiger partial charge in [0.25, 0.3) is 5.91 Å². The van der Waals surface area contributed by atoms with Crippen LogP contribution in [0.3, 0.4) is 0 Å². The lowest BCUT2D eigenvalue weighted by atomic mass is 10.1. The fourth-order valence-corrected chi connectivity index (χ4v) is 2.12. The van der Waals surface area contributed by atoms with Crippen LogP contribution >= 0.6 is 0 Å². The average molecular weight is 356 g/mol. The highest BCUT2D eigenvalue weighted by Gasteiger charge is 2.33. The van der Waals surface area contributed by atoms with Crippen LogP contribution < -0.4 is 5.32 Å². The van der Waals surface area contributed by atoms with Crippen LogP contribution in [-0.2, 0) is 26.9 Å². The first-order valence-corrected chi connectivity index (χ1v) is 7.22. The van der Waals surface area contributed by atoms with Gasteiger partial charge in [-0.3, -0.25) is 9.59 Å². The lowest BCUT2D eigenvalue weighted by molar-refractivity contribution is -0.146. The van der Waals surface area contributed by atoms with Gasteiger partial charge in [-0.05, 0) is 26.0 Å². The van der Waals surface area contributed by atoms with Gasteiger partial charge in [0.15, 0.2) is 6.61 Å². The van der Waals surface area contributed by atoms with Gasteiger partial charge in [-0.1, -0.05) is 17.3 Å². The van der Waals surface area contributed by atoms with Gasteiger partial charge in [0.2, 0.25) is 0 Å². The Hall–Kier alpha value is -2.84. The second kappa shape index (κ2) is 7.37.